The number of aryl methyl sites for hydroxylation is 1. The molecule has 11 heteroatoms. The fourth-order valence-electron chi connectivity index (χ4n) is 4.83. The predicted octanol–water partition coefficient (Wildman–Crippen LogP) is 5.21. The third-order valence-corrected chi connectivity index (χ3v) is 7.02. The van der Waals surface area contributed by atoms with Crippen molar-refractivity contribution in [3.63, 3.8) is 0 Å². The van der Waals surface area contributed by atoms with Crippen molar-refractivity contribution in [3.05, 3.63) is 103 Å². The maximum Gasteiger partial charge on any atom is 0.324 e. The number of aliphatic hydroxyl groups excluding tert-OH is 2. The second-order valence-electron chi connectivity index (χ2n) is 10.6. The van der Waals surface area contributed by atoms with Crippen LogP contribution in [0.5, 0.6) is 11.5 Å². The smallest absolute Gasteiger partial charge is 0.324 e. The number of ether oxygens (including phenoxy) is 1. The molecule has 3 amide bonds. The van der Waals surface area contributed by atoms with Gasteiger partial charge in [0.2, 0.25) is 5.91 Å². The molecule has 11 nitrogen and oxygen atoms in total. The number of hydrogen-bond acceptors (Lipinski definition) is 7. The molecule has 5 aromatic rings. The number of nitrogens with one attached hydrogen (secondary N) is 3. The van der Waals surface area contributed by atoms with E-state index in [1.807, 2.05) is 42.5 Å². The number of aliphatic hydroxyl groups is 2. The predicted molar refractivity (Wildman–Crippen MR) is 173 cm³/mol. The SMILES string of the molecule is CCCCc1cc(NC(=O)Nc2cccc(Oc3cccnc3)c2)n(-c2cc(CC(=O)NCC(O)CO)c3ccccc3c2)n1. The summed E-state index contributed by atoms with van der Waals surface area (Å²) in [7, 11) is 0. The Morgan fingerprint density at radius 1 is 0.978 bits per heavy atom. The van der Waals surface area contributed by atoms with E-state index >= 15 is 0 Å². The molecule has 232 valence electrons. The highest BCUT2D eigenvalue weighted by Gasteiger charge is 2.17. The van der Waals surface area contributed by atoms with Crippen molar-refractivity contribution in [1.29, 1.82) is 0 Å². The maximum absolute atomic E-state index is 13.2. The number of carbonyl (C=O) groups is 2. The first-order chi connectivity index (χ1) is 21.9. The van der Waals surface area contributed by atoms with Gasteiger partial charge in [-0.3, -0.25) is 15.1 Å². The molecular weight excluding hydrogens is 572 g/mol. The topological polar surface area (TPSA) is 151 Å². The van der Waals surface area contributed by atoms with Crippen LogP contribution < -0.4 is 20.7 Å². The van der Waals surface area contributed by atoms with Crippen LogP contribution >= 0.6 is 0 Å². The number of benzene rings is 3. The lowest BCUT2D eigenvalue weighted by atomic mass is 10.0. The molecule has 2 heterocycles. The van der Waals surface area contributed by atoms with Crippen LogP contribution in [0.3, 0.4) is 0 Å². The van der Waals surface area contributed by atoms with Crippen molar-refractivity contribution in [2.24, 2.45) is 0 Å². The van der Waals surface area contributed by atoms with Gasteiger partial charge in [0, 0.05) is 30.6 Å². The summed E-state index contributed by atoms with van der Waals surface area (Å²) in [6, 6.07) is 23.6. The van der Waals surface area contributed by atoms with E-state index in [4.69, 9.17) is 14.9 Å². The van der Waals surface area contributed by atoms with E-state index in [2.05, 4.69) is 27.9 Å². The lowest BCUT2D eigenvalue weighted by Crippen LogP contribution is -2.34. The Labute approximate surface area is 260 Å². The van der Waals surface area contributed by atoms with Crippen molar-refractivity contribution in [2.45, 2.75) is 38.7 Å². The summed E-state index contributed by atoms with van der Waals surface area (Å²) in [4.78, 5) is 30.0. The average Bonchev–Trinajstić information content (AvgIpc) is 3.45. The highest BCUT2D eigenvalue weighted by molar-refractivity contribution is 5.99. The van der Waals surface area contributed by atoms with Crippen LogP contribution in [-0.4, -0.2) is 56.2 Å². The van der Waals surface area contributed by atoms with E-state index in [1.165, 1.54) is 0 Å². The average molecular weight is 609 g/mol. The molecule has 0 aliphatic carbocycles. The van der Waals surface area contributed by atoms with Gasteiger partial charge in [0.25, 0.3) is 0 Å². The number of unbranched alkanes of at least 4 members (excludes halogenated alkanes) is 1. The van der Waals surface area contributed by atoms with Crippen molar-refractivity contribution >= 4 is 34.2 Å². The zero-order valence-corrected chi connectivity index (χ0v) is 24.9. The van der Waals surface area contributed by atoms with Gasteiger partial charge in [0.15, 0.2) is 0 Å². The Balaban J connectivity index is 1.40. The molecule has 0 spiro atoms. The van der Waals surface area contributed by atoms with Gasteiger partial charge < -0.3 is 25.6 Å². The van der Waals surface area contributed by atoms with Gasteiger partial charge >= 0.3 is 6.03 Å². The lowest BCUT2D eigenvalue weighted by molar-refractivity contribution is -0.121. The first-order valence-corrected chi connectivity index (χ1v) is 14.8. The molecule has 45 heavy (non-hydrogen) atoms. The molecular formula is C34H36N6O5. The lowest BCUT2D eigenvalue weighted by Gasteiger charge is -2.14. The Morgan fingerprint density at radius 3 is 2.62 bits per heavy atom. The van der Waals surface area contributed by atoms with Crippen LogP contribution in [-0.2, 0) is 17.6 Å². The molecule has 2 aromatic heterocycles. The highest BCUT2D eigenvalue weighted by Crippen LogP contribution is 2.28. The standard InChI is InChI=1S/C34H36N6O5/c1-2-3-9-26-19-32(38-34(44)37-25-10-6-11-29(18-25)45-30-12-7-14-35-21-30)40(39-26)27-15-23-8-4-5-13-31(23)24(16-27)17-33(43)36-20-28(42)22-41/h4-8,10-16,18-19,21,28,41-42H,2-3,9,17,20,22H2,1H3,(H,36,43)(H2,37,38,44). The largest absolute Gasteiger partial charge is 0.456 e. The van der Waals surface area contributed by atoms with Crippen molar-refractivity contribution in [3.8, 4) is 17.2 Å². The molecule has 5 rings (SSSR count). The van der Waals surface area contributed by atoms with Crippen LogP contribution in [0.25, 0.3) is 16.5 Å². The molecule has 0 bridgehead atoms. The first kappa shape index (κ1) is 31.2. The number of anilines is 2. The Morgan fingerprint density at radius 2 is 1.82 bits per heavy atom. The number of fused-ring (bicyclic) bond motifs is 1. The zero-order chi connectivity index (χ0) is 31.6. The minimum atomic E-state index is -1.03. The van der Waals surface area contributed by atoms with Crippen molar-refractivity contribution in [2.75, 3.05) is 23.8 Å². The number of pyridine rings is 1. The van der Waals surface area contributed by atoms with Gasteiger partial charge in [-0.1, -0.05) is 43.7 Å². The number of urea groups is 1. The third-order valence-electron chi connectivity index (χ3n) is 7.02. The van der Waals surface area contributed by atoms with Crippen LogP contribution in [0, 0.1) is 0 Å². The van der Waals surface area contributed by atoms with Gasteiger partial charge in [0.1, 0.15) is 17.3 Å². The molecule has 0 saturated carbocycles. The van der Waals surface area contributed by atoms with Crippen LogP contribution in [0.4, 0.5) is 16.3 Å². The molecule has 1 atom stereocenters. The Bertz CT molecular complexity index is 1760. The second-order valence-corrected chi connectivity index (χ2v) is 10.6. The zero-order valence-electron chi connectivity index (χ0n) is 24.9. The first-order valence-electron chi connectivity index (χ1n) is 14.8. The fraction of sp³-hybridized carbons (Fsp3) is 0.235. The number of aromatic nitrogens is 3. The van der Waals surface area contributed by atoms with Crippen LogP contribution in [0.1, 0.15) is 31.0 Å². The van der Waals surface area contributed by atoms with E-state index in [-0.39, 0.29) is 18.9 Å². The molecule has 0 saturated heterocycles. The Hall–Kier alpha value is -5.26. The van der Waals surface area contributed by atoms with Gasteiger partial charge in [0.05, 0.1) is 36.7 Å². The summed E-state index contributed by atoms with van der Waals surface area (Å²) in [6.07, 6.45) is 4.97. The van der Waals surface area contributed by atoms with Gasteiger partial charge in [-0.25, -0.2) is 9.48 Å². The monoisotopic (exact) mass is 608 g/mol. The highest BCUT2D eigenvalue weighted by atomic mass is 16.5. The molecule has 0 fully saturated rings. The van der Waals surface area contributed by atoms with Gasteiger partial charge in [-0.05, 0) is 65.6 Å². The summed E-state index contributed by atoms with van der Waals surface area (Å²) in [5.41, 5.74) is 2.79. The molecule has 0 aliphatic heterocycles. The number of rotatable bonds is 13. The molecule has 0 aliphatic rings. The summed E-state index contributed by atoms with van der Waals surface area (Å²) in [6.45, 7) is 1.62. The van der Waals surface area contributed by atoms with E-state index in [1.54, 1.807) is 53.5 Å². The normalized spacial score (nSPS) is 11.6. The van der Waals surface area contributed by atoms with E-state index in [0.717, 1.165) is 41.3 Å². The van der Waals surface area contributed by atoms with Gasteiger partial charge in [-0.2, -0.15) is 5.10 Å². The minimum Gasteiger partial charge on any atom is -0.456 e. The minimum absolute atomic E-state index is 0.0470. The van der Waals surface area contributed by atoms with E-state index < -0.39 is 18.7 Å². The van der Waals surface area contributed by atoms with Gasteiger partial charge in [-0.15, -0.1) is 0 Å². The Kier molecular flexibility index (Phi) is 10.4. The van der Waals surface area contributed by atoms with E-state index in [9.17, 15) is 14.7 Å². The van der Waals surface area contributed by atoms with E-state index in [0.29, 0.717) is 28.7 Å². The molecule has 1 unspecified atom stereocenters. The maximum atomic E-state index is 13.2. The van der Waals surface area contributed by atoms with Crippen LogP contribution in [0.2, 0.25) is 0 Å². The summed E-state index contributed by atoms with van der Waals surface area (Å²) < 4.78 is 7.52. The quantitative estimate of drug-likeness (QED) is 0.123. The number of hydrogen-bond donors (Lipinski definition) is 5. The van der Waals surface area contributed by atoms with Crippen molar-refractivity contribution < 1.29 is 24.5 Å². The number of nitrogens with zero attached hydrogens (tertiary/aromatic N) is 3. The summed E-state index contributed by atoms with van der Waals surface area (Å²) in [5, 5.41) is 33.8. The number of carbonyl (C=O) groups excluding carboxylic acids is 2. The molecule has 3 aromatic carbocycles. The number of amides is 3. The molecule has 5 N–H and O–H groups in total. The fourth-order valence-corrected chi connectivity index (χ4v) is 4.83. The molecule has 0 radical (unpaired) electrons. The summed E-state index contributed by atoms with van der Waals surface area (Å²) in [5.74, 6) is 1.31. The second kappa shape index (κ2) is 15.0. The van der Waals surface area contributed by atoms with Crippen LogP contribution in [0.15, 0.2) is 91.3 Å². The van der Waals surface area contributed by atoms with Crippen molar-refractivity contribution in [1.82, 2.24) is 20.1 Å². The summed E-state index contributed by atoms with van der Waals surface area (Å²) >= 11 is 0. The third kappa shape index (κ3) is 8.43.